The van der Waals surface area contributed by atoms with Crippen LogP contribution in [0.5, 0.6) is 0 Å². The smallest absolute Gasteiger partial charge is 0.256 e. The average Bonchev–Trinajstić information content (AvgIpc) is 2.38. The predicted molar refractivity (Wildman–Crippen MR) is 78.7 cm³/mol. The predicted octanol–water partition coefficient (Wildman–Crippen LogP) is 2.92. The van der Waals surface area contributed by atoms with Crippen LogP contribution in [-0.2, 0) is 4.84 Å². The molecule has 0 aliphatic carbocycles. The summed E-state index contributed by atoms with van der Waals surface area (Å²) in [5.41, 5.74) is 5.98. The van der Waals surface area contributed by atoms with Crippen molar-refractivity contribution in [2.24, 2.45) is 0 Å². The maximum atomic E-state index is 12.1. The standard InChI is InChI=1S/C15H17N3O2/c1-10-8-11(2)16-14(9-10)17-15(19)12-4-6-13(7-5-12)18-20-3/h4-9,18H,1-3H3,(H,16,17,19). The van der Waals surface area contributed by atoms with Crippen molar-refractivity contribution >= 4 is 17.4 Å². The van der Waals surface area contributed by atoms with Gasteiger partial charge in [-0.25, -0.2) is 4.98 Å². The van der Waals surface area contributed by atoms with Crippen LogP contribution >= 0.6 is 0 Å². The monoisotopic (exact) mass is 271 g/mol. The molecule has 2 rings (SSSR count). The molecule has 0 aliphatic heterocycles. The number of hydrogen-bond acceptors (Lipinski definition) is 4. The van der Waals surface area contributed by atoms with Crippen LogP contribution in [0.4, 0.5) is 11.5 Å². The Balaban J connectivity index is 2.11. The lowest BCUT2D eigenvalue weighted by Crippen LogP contribution is -2.13. The summed E-state index contributed by atoms with van der Waals surface area (Å²) in [6.45, 7) is 3.86. The number of hydrogen-bond donors (Lipinski definition) is 2. The topological polar surface area (TPSA) is 63.2 Å². The highest BCUT2D eigenvalue weighted by Crippen LogP contribution is 2.13. The summed E-state index contributed by atoms with van der Waals surface area (Å²) < 4.78 is 0. The van der Waals surface area contributed by atoms with Gasteiger partial charge in [-0.15, -0.1) is 0 Å². The molecule has 5 nitrogen and oxygen atoms in total. The number of aryl methyl sites for hydroxylation is 2. The highest BCUT2D eigenvalue weighted by Gasteiger charge is 2.07. The SMILES string of the molecule is CONc1ccc(C(=O)Nc2cc(C)cc(C)n2)cc1. The molecule has 1 aromatic carbocycles. The van der Waals surface area contributed by atoms with Crippen LogP contribution in [-0.4, -0.2) is 18.0 Å². The van der Waals surface area contributed by atoms with Crippen molar-refractivity contribution in [3.63, 3.8) is 0 Å². The molecule has 0 atom stereocenters. The molecule has 1 amide bonds. The van der Waals surface area contributed by atoms with E-state index in [-0.39, 0.29) is 5.91 Å². The number of amides is 1. The summed E-state index contributed by atoms with van der Waals surface area (Å²) >= 11 is 0. The molecule has 1 aromatic heterocycles. The number of nitrogens with zero attached hydrogens (tertiary/aromatic N) is 1. The molecule has 0 aliphatic rings. The molecule has 0 saturated heterocycles. The summed E-state index contributed by atoms with van der Waals surface area (Å²) in [4.78, 5) is 21.2. The Bertz CT molecular complexity index is 589. The molecule has 2 aromatic rings. The van der Waals surface area contributed by atoms with E-state index in [1.54, 1.807) is 24.3 Å². The largest absolute Gasteiger partial charge is 0.307 e. The Morgan fingerprint density at radius 2 is 1.85 bits per heavy atom. The molecule has 0 radical (unpaired) electrons. The van der Waals surface area contributed by atoms with Gasteiger partial charge in [-0.3, -0.25) is 15.1 Å². The number of anilines is 2. The van der Waals surface area contributed by atoms with Crippen molar-refractivity contribution in [3.8, 4) is 0 Å². The minimum Gasteiger partial charge on any atom is -0.307 e. The normalized spacial score (nSPS) is 10.2. The molecular weight excluding hydrogens is 254 g/mol. The zero-order valence-electron chi connectivity index (χ0n) is 11.7. The molecule has 20 heavy (non-hydrogen) atoms. The number of nitrogens with one attached hydrogen (secondary N) is 2. The molecule has 0 fully saturated rings. The van der Waals surface area contributed by atoms with Gasteiger partial charge in [0.05, 0.1) is 12.8 Å². The van der Waals surface area contributed by atoms with Gasteiger partial charge in [-0.05, 0) is 55.8 Å². The average molecular weight is 271 g/mol. The lowest BCUT2D eigenvalue weighted by molar-refractivity contribution is 0.102. The van der Waals surface area contributed by atoms with Crippen LogP contribution in [0.1, 0.15) is 21.6 Å². The van der Waals surface area contributed by atoms with E-state index in [1.807, 2.05) is 26.0 Å². The van der Waals surface area contributed by atoms with E-state index >= 15 is 0 Å². The van der Waals surface area contributed by atoms with Crippen LogP contribution in [0, 0.1) is 13.8 Å². The van der Waals surface area contributed by atoms with Gasteiger partial charge in [0, 0.05) is 11.3 Å². The summed E-state index contributed by atoms with van der Waals surface area (Å²) in [6, 6.07) is 10.8. The van der Waals surface area contributed by atoms with Crippen molar-refractivity contribution in [2.45, 2.75) is 13.8 Å². The van der Waals surface area contributed by atoms with Crippen LogP contribution in [0.25, 0.3) is 0 Å². The van der Waals surface area contributed by atoms with E-state index in [2.05, 4.69) is 15.8 Å². The Kier molecular flexibility index (Phi) is 4.32. The number of rotatable bonds is 4. The van der Waals surface area contributed by atoms with Gasteiger partial charge in [0.25, 0.3) is 5.91 Å². The molecule has 0 spiro atoms. The molecule has 104 valence electrons. The molecule has 0 unspecified atom stereocenters. The zero-order valence-corrected chi connectivity index (χ0v) is 11.7. The summed E-state index contributed by atoms with van der Waals surface area (Å²) in [5, 5.41) is 2.79. The first-order valence-corrected chi connectivity index (χ1v) is 6.24. The van der Waals surface area contributed by atoms with E-state index in [9.17, 15) is 4.79 Å². The molecule has 2 N–H and O–H groups in total. The zero-order chi connectivity index (χ0) is 14.5. The molecule has 0 bridgehead atoms. The Morgan fingerprint density at radius 1 is 1.15 bits per heavy atom. The van der Waals surface area contributed by atoms with E-state index in [4.69, 9.17) is 4.84 Å². The van der Waals surface area contributed by atoms with Gasteiger partial charge >= 0.3 is 0 Å². The maximum absolute atomic E-state index is 12.1. The van der Waals surface area contributed by atoms with E-state index in [0.29, 0.717) is 11.4 Å². The third-order valence-corrected chi connectivity index (χ3v) is 2.71. The fourth-order valence-electron chi connectivity index (χ4n) is 1.90. The van der Waals surface area contributed by atoms with Gasteiger partial charge in [0.15, 0.2) is 0 Å². The Hall–Kier alpha value is -2.40. The van der Waals surface area contributed by atoms with Crippen molar-refractivity contribution < 1.29 is 9.63 Å². The molecule has 5 heteroatoms. The minimum atomic E-state index is -0.188. The van der Waals surface area contributed by atoms with Crippen molar-refractivity contribution in [1.29, 1.82) is 0 Å². The minimum absolute atomic E-state index is 0.188. The van der Waals surface area contributed by atoms with Gasteiger partial charge in [-0.2, -0.15) is 0 Å². The van der Waals surface area contributed by atoms with Crippen LogP contribution < -0.4 is 10.8 Å². The van der Waals surface area contributed by atoms with Crippen LogP contribution in [0.2, 0.25) is 0 Å². The fourth-order valence-corrected chi connectivity index (χ4v) is 1.90. The van der Waals surface area contributed by atoms with E-state index in [0.717, 1.165) is 16.9 Å². The Morgan fingerprint density at radius 3 is 2.45 bits per heavy atom. The van der Waals surface area contributed by atoms with E-state index in [1.165, 1.54) is 7.11 Å². The second kappa shape index (κ2) is 6.16. The van der Waals surface area contributed by atoms with Gasteiger partial charge in [0.1, 0.15) is 5.82 Å². The van der Waals surface area contributed by atoms with E-state index < -0.39 is 0 Å². The number of pyridine rings is 1. The maximum Gasteiger partial charge on any atom is 0.256 e. The van der Waals surface area contributed by atoms with Crippen LogP contribution in [0.3, 0.4) is 0 Å². The second-order valence-corrected chi connectivity index (χ2v) is 4.51. The highest BCUT2D eigenvalue weighted by molar-refractivity contribution is 6.03. The number of aromatic nitrogens is 1. The summed E-state index contributed by atoms with van der Waals surface area (Å²) in [5.74, 6) is 0.373. The van der Waals surface area contributed by atoms with Gasteiger partial charge in [0.2, 0.25) is 0 Å². The summed E-state index contributed by atoms with van der Waals surface area (Å²) in [6.07, 6.45) is 0. The first-order chi connectivity index (χ1) is 9.58. The fraction of sp³-hybridized carbons (Fsp3) is 0.200. The van der Waals surface area contributed by atoms with Crippen LogP contribution in [0.15, 0.2) is 36.4 Å². The third-order valence-electron chi connectivity index (χ3n) is 2.71. The lowest BCUT2D eigenvalue weighted by Gasteiger charge is -2.07. The first kappa shape index (κ1) is 14.0. The number of carbonyl (C=O) groups is 1. The highest BCUT2D eigenvalue weighted by atomic mass is 16.6. The molecular formula is C15H17N3O2. The first-order valence-electron chi connectivity index (χ1n) is 6.24. The molecule has 0 saturated carbocycles. The molecule has 1 heterocycles. The van der Waals surface area contributed by atoms with Gasteiger partial charge < -0.3 is 5.32 Å². The summed E-state index contributed by atoms with van der Waals surface area (Å²) in [7, 11) is 1.53. The van der Waals surface area contributed by atoms with Crippen molar-refractivity contribution in [2.75, 3.05) is 17.9 Å². The lowest BCUT2D eigenvalue weighted by atomic mass is 10.2. The quantitative estimate of drug-likeness (QED) is 0.839. The van der Waals surface area contributed by atoms with Crippen molar-refractivity contribution in [1.82, 2.24) is 4.98 Å². The number of carbonyl (C=O) groups excluding carboxylic acids is 1. The van der Waals surface area contributed by atoms with Crippen molar-refractivity contribution in [3.05, 3.63) is 53.2 Å². The third kappa shape index (κ3) is 3.55. The second-order valence-electron chi connectivity index (χ2n) is 4.51. The van der Waals surface area contributed by atoms with Gasteiger partial charge in [-0.1, -0.05) is 0 Å². The Labute approximate surface area is 117 Å². The number of benzene rings is 1.